The maximum Gasteiger partial charge on any atom is 0.573 e. The number of hydrogen-bond donors (Lipinski definition) is 0. The standard InChI is InChI=1S/C18H17F3O2/c19-18(20,21)23-16-9-5-4-6-14(16)12-17(10-11-17)13-22-15-7-2-1-3-8-15/h1-9H,10-13H2. The highest BCUT2D eigenvalue weighted by Gasteiger charge is 2.44. The number of ether oxygens (including phenoxy) is 2. The van der Waals surface area contributed by atoms with Gasteiger partial charge in [-0.05, 0) is 43.0 Å². The molecule has 0 radical (unpaired) electrons. The van der Waals surface area contributed by atoms with Crippen molar-refractivity contribution >= 4 is 0 Å². The molecule has 2 aromatic rings. The van der Waals surface area contributed by atoms with Crippen molar-refractivity contribution in [1.29, 1.82) is 0 Å². The van der Waals surface area contributed by atoms with Crippen molar-refractivity contribution in [2.45, 2.75) is 25.6 Å². The van der Waals surface area contributed by atoms with Crippen LogP contribution in [0.1, 0.15) is 18.4 Å². The molecule has 1 saturated carbocycles. The molecule has 122 valence electrons. The number of hydrogen-bond acceptors (Lipinski definition) is 2. The lowest BCUT2D eigenvalue weighted by molar-refractivity contribution is -0.274. The third kappa shape index (κ3) is 4.41. The van der Waals surface area contributed by atoms with Crippen LogP contribution in [0, 0.1) is 5.41 Å². The van der Waals surface area contributed by atoms with Gasteiger partial charge in [-0.25, -0.2) is 0 Å². The highest BCUT2D eigenvalue weighted by Crippen LogP contribution is 2.49. The molecule has 1 aliphatic carbocycles. The summed E-state index contributed by atoms with van der Waals surface area (Å²) in [7, 11) is 0. The highest BCUT2D eigenvalue weighted by molar-refractivity contribution is 5.35. The van der Waals surface area contributed by atoms with E-state index in [0.29, 0.717) is 18.6 Å². The van der Waals surface area contributed by atoms with Crippen LogP contribution in [0.4, 0.5) is 13.2 Å². The molecule has 0 aliphatic heterocycles. The number of halogens is 3. The Hall–Kier alpha value is -2.17. The van der Waals surface area contributed by atoms with Crippen molar-refractivity contribution in [2.75, 3.05) is 6.61 Å². The third-order valence-corrected chi connectivity index (χ3v) is 4.01. The molecule has 0 aromatic heterocycles. The van der Waals surface area contributed by atoms with Gasteiger partial charge in [-0.2, -0.15) is 0 Å². The molecule has 0 saturated heterocycles. The second-order valence-electron chi connectivity index (χ2n) is 5.93. The van der Waals surface area contributed by atoms with E-state index >= 15 is 0 Å². The van der Waals surface area contributed by atoms with E-state index in [0.717, 1.165) is 18.6 Å². The smallest absolute Gasteiger partial charge is 0.493 e. The lowest BCUT2D eigenvalue weighted by Crippen LogP contribution is -2.20. The van der Waals surface area contributed by atoms with Gasteiger partial charge >= 0.3 is 6.36 Å². The van der Waals surface area contributed by atoms with Crippen LogP contribution < -0.4 is 9.47 Å². The van der Waals surface area contributed by atoms with Crippen molar-refractivity contribution < 1.29 is 22.6 Å². The molecule has 0 amide bonds. The summed E-state index contributed by atoms with van der Waals surface area (Å²) in [5.41, 5.74) is 0.472. The average Bonchev–Trinajstić information content (AvgIpc) is 3.27. The van der Waals surface area contributed by atoms with Gasteiger partial charge in [0.25, 0.3) is 0 Å². The van der Waals surface area contributed by atoms with Gasteiger partial charge in [0, 0.05) is 5.41 Å². The highest BCUT2D eigenvalue weighted by atomic mass is 19.4. The van der Waals surface area contributed by atoms with E-state index in [2.05, 4.69) is 4.74 Å². The van der Waals surface area contributed by atoms with E-state index in [9.17, 15) is 13.2 Å². The molecule has 0 heterocycles. The van der Waals surface area contributed by atoms with Crippen LogP contribution >= 0.6 is 0 Å². The quantitative estimate of drug-likeness (QED) is 0.746. The van der Waals surface area contributed by atoms with Gasteiger partial charge in [-0.15, -0.1) is 13.2 Å². The summed E-state index contributed by atoms with van der Waals surface area (Å²) in [4.78, 5) is 0. The van der Waals surface area contributed by atoms with Crippen molar-refractivity contribution in [1.82, 2.24) is 0 Å². The molecule has 0 spiro atoms. The van der Waals surface area contributed by atoms with Gasteiger partial charge in [0.15, 0.2) is 0 Å². The number of benzene rings is 2. The lowest BCUT2D eigenvalue weighted by Gasteiger charge is -2.19. The van der Waals surface area contributed by atoms with E-state index in [-0.39, 0.29) is 11.2 Å². The predicted octanol–water partition coefficient (Wildman–Crippen LogP) is 4.99. The fraction of sp³-hybridized carbons (Fsp3) is 0.333. The van der Waals surface area contributed by atoms with Gasteiger partial charge < -0.3 is 9.47 Å². The van der Waals surface area contributed by atoms with Crippen molar-refractivity contribution in [3.05, 3.63) is 60.2 Å². The lowest BCUT2D eigenvalue weighted by atomic mass is 9.96. The molecular weight excluding hydrogens is 305 g/mol. The summed E-state index contributed by atoms with van der Waals surface area (Å²) in [6.45, 7) is 0.497. The van der Waals surface area contributed by atoms with Gasteiger partial charge in [0.05, 0.1) is 6.61 Å². The fourth-order valence-corrected chi connectivity index (χ4v) is 2.58. The Balaban J connectivity index is 1.67. The maximum atomic E-state index is 12.5. The average molecular weight is 322 g/mol. The fourth-order valence-electron chi connectivity index (χ4n) is 2.58. The molecular formula is C18H17F3O2. The second-order valence-corrected chi connectivity index (χ2v) is 5.93. The minimum atomic E-state index is -4.67. The largest absolute Gasteiger partial charge is 0.573 e. The minimum absolute atomic E-state index is 0.0963. The van der Waals surface area contributed by atoms with E-state index in [1.807, 2.05) is 30.3 Å². The molecule has 1 fully saturated rings. The van der Waals surface area contributed by atoms with Crippen LogP contribution in [0.25, 0.3) is 0 Å². The topological polar surface area (TPSA) is 18.5 Å². The maximum absolute atomic E-state index is 12.5. The Morgan fingerprint density at radius 2 is 1.57 bits per heavy atom. The van der Waals surface area contributed by atoms with Crippen molar-refractivity contribution in [3.8, 4) is 11.5 Å². The summed E-state index contributed by atoms with van der Waals surface area (Å²) >= 11 is 0. The zero-order valence-corrected chi connectivity index (χ0v) is 12.5. The molecule has 1 aliphatic rings. The third-order valence-electron chi connectivity index (χ3n) is 4.01. The van der Waals surface area contributed by atoms with Gasteiger partial charge in [-0.3, -0.25) is 0 Å². The first-order valence-corrected chi connectivity index (χ1v) is 7.47. The molecule has 2 nitrogen and oxygen atoms in total. The molecule has 5 heteroatoms. The molecule has 23 heavy (non-hydrogen) atoms. The van der Waals surface area contributed by atoms with Crippen LogP contribution in [0.3, 0.4) is 0 Å². The summed E-state index contributed by atoms with van der Waals surface area (Å²) in [5, 5.41) is 0. The Labute approximate surface area is 132 Å². The van der Waals surface area contributed by atoms with Crippen LogP contribution in [0.2, 0.25) is 0 Å². The first-order chi connectivity index (χ1) is 11.0. The van der Waals surface area contributed by atoms with Gasteiger partial charge in [0.1, 0.15) is 11.5 Å². The summed E-state index contributed by atoms with van der Waals surface area (Å²) in [6.07, 6.45) is -2.26. The van der Waals surface area contributed by atoms with E-state index in [4.69, 9.17) is 4.74 Å². The number of rotatable bonds is 6. The first-order valence-electron chi connectivity index (χ1n) is 7.47. The summed E-state index contributed by atoms with van der Waals surface area (Å²) < 4.78 is 47.4. The van der Waals surface area contributed by atoms with E-state index < -0.39 is 6.36 Å². The van der Waals surface area contributed by atoms with Crippen molar-refractivity contribution in [2.24, 2.45) is 5.41 Å². The van der Waals surface area contributed by atoms with Crippen LogP contribution in [-0.2, 0) is 6.42 Å². The SMILES string of the molecule is FC(F)(F)Oc1ccccc1CC1(COc2ccccc2)CC1. The van der Waals surface area contributed by atoms with Crippen molar-refractivity contribution in [3.63, 3.8) is 0 Å². The molecule has 0 atom stereocenters. The molecule has 3 rings (SSSR count). The second kappa shape index (κ2) is 6.14. The monoisotopic (exact) mass is 322 g/mol. The normalized spacial score (nSPS) is 16.0. The predicted molar refractivity (Wildman–Crippen MR) is 80.4 cm³/mol. The van der Waals surface area contributed by atoms with Gasteiger partial charge in [-0.1, -0.05) is 36.4 Å². The van der Waals surface area contributed by atoms with Crippen LogP contribution in [0.15, 0.2) is 54.6 Å². The Bertz CT molecular complexity index is 649. The minimum Gasteiger partial charge on any atom is -0.493 e. The van der Waals surface area contributed by atoms with E-state index in [1.165, 1.54) is 6.07 Å². The number of alkyl halides is 3. The molecule has 2 aromatic carbocycles. The Morgan fingerprint density at radius 3 is 2.22 bits per heavy atom. The summed E-state index contributed by atoms with van der Waals surface area (Å²) in [6, 6.07) is 15.7. The first kappa shape index (κ1) is 15.7. The summed E-state index contributed by atoms with van der Waals surface area (Å²) in [5.74, 6) is 0.657. The zero-order chi connectivity index (χ0) is 16.3. The van der Waals surface area contributed by atoms with Gasteiger partial charge in [0.2, 0.25) is 0 Å². The Morgan fingerprint density at radius 1 is 0.913 bits per heavy atom. The molecule has 0 unspecified atom stereocenters. The zero-order valence-electron chi connectivity index (χ0n) is 12.5. The molecule has 0 N–H and O–H groups in total. The molecule has 0 bridgehead atoms. The van der Waals surface area contributed by atoms with E-state index in [1.54, 1.807) is 18.2 Å². The van der Waals surface area contributed by atoms with Crippen LogP contribution in [0.5, 0.6) is 11.5 Å². The number of para-hydroxylation sites is 2. The van der Waals surface area contributed by atoms with Crippen LogP contribution in [-0.4, -0.2) is 13.0 Å². The Kier molecular flexibility index (Phi) is 4.20.